The fourth-order valence-electron chi connectivity index (χ4n) is 3.34. The molecule has 0 fully saturated rings. The smallest absolute Gasteiger partial charge is 0.280 e. The number of nitrogens with one attached hydrogen (secondary N) is 1. The van der Waals surface area contributed by atoms with E-state index in [2.05, 4.69) is 10.2 Å². The van der Waals surface area contributed by atoms with Crippen LogP contribution in [0, 0.1) is 6.92 Å². The predicted molar refractivity (Wildman–Crippen MR) is 124 cm³/mol. The molecule has 0 aliphatic carbocycles. The van der Waals surface area contributed by atoms with Crippen molar-refractivity contribution in [2.24, 2.45) is 5.10 Å². The second-order valence-corrected chi connectivity index (χ2v) is 7.09. The lowest BCUT2D eigenvalue weighted by Gasteiger charge is -2.10. The fourth-order valence-corrected chi connectivity index (χ4v) is 3.34. The Balaban J connectivity index is 1.49. The van der Waals surface area contributed by atoms with Gasteiger partial charge in [0.2, 0.25) is 0 Å². The summed E-state index contributed by atoms with van der Waals surface area (Å²) in [5.41, 5.74) is 3.98. The summed E-state index contributed by atoms with van der Waals surface area (Å²) in [7, 11) is 0. The molecule has 0 spiro atoms. The molecule has 2 heterocycles. The lowest BCUT2D eigenvalue weighted by molar-refractivity contribution is -0.114. The Hall–Kier alpha value is -4.19. The minimum atomic E-state index is -0.162. The molecule has 1 aliphatic rings. The van der Waals surface area contributed by atoms with Crippen LogP contribution in [0.1, 0.15) is 18.2 Å². The number of rotatable bonds is 5. The average molecular weight is 410 g/mol. The summed E-state index contributed by atoms with van der Waals surface area (Å²) >= 11 is 0. The number of benzene rings is 2. The number of hydrazone groups is 1. The molecule has 1 aliphatic heterocycles. The van der Waals surface area contributed by atoms with Crippen molar-refractivity contribution < 1.29 is 4.79 Å². The van der Waals surface area contributed by atoms with E-state index in [0.717, 1.165) is 17.1 Å². The number of aromatic nitrogens is 2. The number of carbonyl (C=O) groups excluding carboxylic acids is 1. The average Bonchev–Trinajstić information content (AvgIpc) is 3.24. The maximum atomic E-state index is 12.7. The van der Waals surface area contributed by atoms with E-state index in [0.29, 0.717) is 16.8 Å². The van der Waals surface area contributed by atoms with Gasteiger partial charge in [-0.15, -0.1) is 0 Å². The molecule has 0 bridgehead atoms. The van der Waals surface area contributed by atoms with E-state index >= 15 is 0 Å². The number of para-hydroxylation sites is 2. The van der Waals surface area contributed by atoms with Crippen molar-refractivity contribution in [3.05, 3.63) is 112 Å². The molecule has 6 nitrogen and oxygen atoms in total. The third-order valence-electron chi connectivity index (χ3n) is 4.94. The van der Waals surface area contributed by atoms with E-state index in [4.69, 9.17) is 0 Å². The molecule has 1 N–H and O–H groups in total. The number of aryl methyl sites for hydroxylation is 1. The van der Waals surface area contributed by atoms with Gasteiger partial charge in [0.1, 0.15) is 0 Å². The van der Waals surface area contributed by atoms with Crippen molar-refractivity contribution in [3.8, 4) is 5.69 Å². The van der Waals surface area contributed by atoms with Crippen molar-refractivity contribution >= 4 is 23.4 Å². The van der Waals surface area contributed by atoms with Gasteiger partial charge < -0.3 is 0 Å². The number of nitrogens with zero attached hydrogens (tertiary/aromatic N) is 3. The molecular formula is C25H22N4O2. The highest BCUT2D eigenvalue weighted by molar-refractivity contribution is 6.29. The molecule has 1 amide bonds. The summed E-state index contributed by atoms with van der Waals surface area (Å²) in [5, 5.41) is 8.86. The first-order valence-corrected chi connectivity index (χ1v) is 9.93. The minimum absolute atomic E-state index is 0.112. The van der Waals surface area contributed by atoms with Crippen LogP contribution in [-0.4, -0.2) is 21.4 Å². The van der Waals surface area contributed by atoms with Crippen LogP contribution < -0.4 is 10.6 Å². The zero-order chi connectivity index (χ0) is 21.8. The fraction of sp³-hybridized carbons (Fsp3) is 0.0800. The highest BCUT2D eigenvalue weighted by Gasteiger charge is 2.27. The first-order valence-electron chi connectivity index (χ1n) is 9.93. The Morgan fingerprint density at radius 2 is 1.48 bits per heavy atom. The van der Waals surface area contributed by atoms with Gasteiger partial charge >= 0.3 is 0 Å². The molecular weight excluding hydrogens is 388 g/mol. The number of aromatic amines is 1. The van der Waals surface area contributed by atoms with Crippen LogP contribution in [0.2, 0.25) is 0 Å². The zero-order valence-corrected chi connectivity index (χ0v) is 17.3. The molecule has 31 heavy (non-hydrogen) atoms. The molecule has 1 aromatic heterocycles. The van der Waals surface area contributed by atoms with Gasteiger partial charge in [0.25, 0.3) is 11.5 Å². The van der Waals surface area contributed by atoms with E-state index in [1.165, 1.54) is 9.69 Å². The summed E-state index contributed by atoms with van der Waals surface area (Å²) in [6.45, 7) is 3.67. The van der Waals surface area contributed by atoms with Gasteiger partial charge in [-0.25, -0.2) is 4.68 Å². The summed E-state index contributed by atoms with van der Waals surface area (Å²) in [6, 6.07) is 18.8. The Morgan fingerprint density at radius 1 is 0.839 bits per heavy atom. The summed E-state index contributed by atoms with van der Waals surface area (Å²) in [6.07, 6.45) is 8.84. The monoisotopic (exact) mass is 410 g/mol. The van der Waals surface area contributed by atoms with Crippen LogP contribution in [-0.2, 0) is 4.79 Å². The number of hydrogen-bond donors (Lipinski definition) is 1. The van der Waals surface area contributed by atoms with E-state index in [9.17, 15) is 9.59 Å². The van der Waals surface area contributed by atoms with E-state index in [1.807, 2.05) is 74.5 Å². The molecule has 2 aromatic carbocycles. The molecule has 0 radical (unpaired) electrons. The van der Waals surface area contributed by atoms with E-state index in [1.54, 1.807) is 30.4 Å². The molecule has 0 saturated carbocycles. The van der Waals surface area contributed by atoms with Crippen LogP contribution in [0.3, 0.4) is 0 Å². The number of anilines is 1. The van der Waals surface area contributed by atoms with Crippen molar-refractivity contribution in [2.45, 2.75) is 13.8 Å². The van der Waals surface area contributed by atoms with Crippen molar-refractivity contribution in [2.75, 3.05) is 5.01 Å². The highest BCUT2D eigenvalue weighted by atomic mass is 16.2. The second kappa shape index (κ2) is 8.67. The molecule has 3 aromatic rings. The van der Waals surface area contributed by atoms with Crippen LogP contribution in [0.15, 0.2) is 100 Å². The normalized spacial score (nSPS) is 15.5. The molecule has 154 valence electrons. The lowest BCUT2D eigenvalue weighted by Crippen LogP contribution is -2.21. The third-order valence-corrected chi connectivity index (χ3v) is 4.94. The quantitative estimate of drug-likeness (QED) is 0.500. The standard InChI is InChI=1S/C25H22N4O2/c1-18-22(24(30)28(26-18)20-12-6-3-7-13-20)16-10-5-11-17-23-19(2)27-29(25(23)31)21-14-8-4-9-15-21/h3-17,26H,1-2H3. The van der Waals surface area contributed by atoms with Gasteiger partial charge in [0, 0.05) is 5.69 Å². The Morgan fingerprint density at radius 3 is 2.16 bits per heavy atom. The summed E-state index contributed by atoms with van der Waals surface area (Å²) in [5.74, 6) is -0.162. The van der Waals surface area contributed by atoms with Gasteiger partial charge in [-0.2, -0.15) is 10.1 Å². The first-order chi connectivity index (χ1) is 15.1. The van der Waals surface area contributed by atoms with Crippen molar-refractivity contribution in [1.82, 2.24) is 9.78 Å². The number of allylic oxidation sites excluding steroid dienone is 4. The Bertz CT molecular complexity index is 1280. The van der Waals surface area contributed by atoms with Crippen LogP contribution in [0.4, 0.5) is 5.69 Å². The third kappa shape index (κ3) is 4.09. The maximum absolute atomic E-state index is 12.7. The maximum Gasteiger partial charge on any atom is 0.280 e. The molecule has 0 unspecified atom stereocenters. The molecule has 0 saturated heterocycles. The molecule has 6 heteroatoms. The highest BCUT2D eigenvalue weighted by Crippen LogP contribution is 2.23. The van der Waals surface area contributed by atoms with Gasteiger partial charge in [-0.05, 0) is 50.3 Å². The number of hydrogen-bond acceptors (Lipinski definition) is 3. The van der Waals surface area contributed by atoms with Gasteiger partial charge in [0.15, 0.2) is 0 Å². The van der Waals surface area contributed by atoms with Crippen LogP contribution >= 0.6 is 0 Å². The molecule has 4 rings (SSSR count). The van der Waals surface area contributed by atoms with Crippen molar-refractivity contribution in [1.29, 1.82) is 0 Å². The van der Waals surface area contributed by atoms with E-state index < -0.39 is 0 Å². The van der Waals surface area contributed by atoms with Crippen LogP contribution in [0.5, 0.6) is 0 Å². The summed E-state index contributed by atoms with van der Waals surface area (Å²) in [4.78, 5) is 25.4. The lowest BCUT2D eigenvalue weighted by atomic mass is 10.1. The van der Waals surface area contributed by atoms with Gasteiger partial charge in [-0.1, -0.05) is 54.6 Å². The second-order valence-electron chi connectivity index (χ2n) is 7.09. The Labute approximate surface area is 180 Å². The van der Waals surface area contributed by atoms with Gasteiger partial charge in [-0.3, -0.25) is 14.7 Å². The molecule has 0 atom stereocenters. The predicted octanol–water partition coefficient (Wildman–Crippen LogP) is 4.39. The Kier molecular flexibility index (Phi) is 5.62. The number of amides is 1. The van der Waals surface area contributed by atoms with Crippen LogP contribution in [0.25, 0.3) is 11.8 Å². The summed E-state index contributed by atoms with van der Waals surface area (Å²) < 4.78 is 1.52. The zero-order valence-electron chi connectivity index (χ0n) is 17.3. The van der Waals surface area contributed by atoms with Gasteiger partial charge in [0.05, 0.1) is 28.2 Å². The minimum Gasteiger partial charge on any atom is -0.295 e. The SMILES string of the molecule is CC1=NN(c2ccccc2)C(=O)C1=CC=CC=Cc1c(C)[nH]n(-c2ccccc2)c1=O. The van der Waals surface area contributed by atoms with E-state index in [-0.39, 0.29) is 11.5 Å². The van der Waals surface area contributed by atoms with Crippen molar-refractivity contribution in [3.63, 3.8) is 0 Å². The largest absolute Gasteiger partial charge is 0.295 e. The first kappa shape index (κ1) is 20.1. The number of H-pyrrole nitrogens is 1. The topological polar surface area (TPSA) is 70.5 Å². The number of carbonyl (C=O) groups is 1.